The lowest BCUT2D eigenvalue weighted by Gasteiger charge is -2.43. The maximum Gasteiger partial charge on any atom is 0.321 e. The molecule has 0 aliphatic carbocycles. The fourth-order valence-electron chi connectivity index (χ4n) is 3.52. The van der Waals surface area contributed by atoms with E-state index in [0.717, 1.165) is 11.1 Å². The molecule has 3 atom stereocenters. The van der Waals surface area contributed by atoms with Gasteiger partial charge in [0, 0.05) is 18.6 Å². The van der Waals surface area contributed by atoms with E-state index in [1.165, 1.54) is 0 Å². The highest BCUT2D eigenvalue weighted by Gasteiger charge is 2.35. The number of ether oxygens (including phenoxy) is 1. The normalized spacial score (nSPS) is 22.4. The third kappa shape index (κ3) is 5.18. The first kappa shape index (κ1) is 20.0. The quantitative estimate of drug-likeness (QED) is 0.836. The molecule has 0 radical (unpaired) electrons. The molecule has 0 saturated carbocycles. The molecule has 6 heteroatoms. The van der Waals surface area contributed by atoms with Crippen LogP contribution in [-0.2, 0) is 16.1 Å². The van der Waals surface area contributed by atoms with Crippen LogP contribution in [0.2, 0.25) is 0 Å². The Bertz CT molecular complexity index is 782. The second-order valence-corrected chi connectivity index (χ2v) is 7.14. The van der Waals surface area contributed by atoms with Crippen LogP contribution in [-0.4, -0.2) is 42.1 Å². The molecule has 28 heavy (non-hydrogen) atoms. The molecule has 3 rings (SSSR count). The molecule has 1 aliphatic rings. The van der Waals surface area contributed by atoms with E-state index in [0.29, 0.717) is 13.2 Å². The minimum absolute atomic E-state index is 0.0179. The Labute approximate surface area is 165 Å². The second-order valence-electron chi connectivity index (χ2n) is 7.14. The van der Waals surface area contributed by atoms with E-state index in [4.69, 9.17) is 4.74 Å². The van der Waals surface area contributed by atoms with Gasteiger partial charge in [0.25, 0.3) is 0 Å². The van der Waals surface area contributed by atoms with Gasteiger partial charge in [-0.1, -0.05) is 60.7 Å². The molecule has 3 unspecified atom stereocenters. The number of morpholine rings is 1. The molecular weight excluding hydrogens is 354 g/mol. The molecule has 0 aromatic heterocycles. The lowest BCUT2D eigenvalue weighted by molar-refractivity contribution is -0.130. The van der Waals surface area contributed by atoms with E-state index in [2.05, 4.69) is 22.5 Å². The number of hydrogen-bond acceptors (Lipinski definition) is 4. The number of nitrogens with one attached hydrogen (secondary N) is 2. The van der Waals surface area contributed by atoms with Crippen molar-refractivity contribution in [1.82, 2.24) is 15.5 Å². The highest BCUT2D eigenvalue weighted by molar-refractivity contribution is 5.95. The van der Waals surface area contributed by atoms with E-state index in [9.17, 15) is 9.59 Å². The molecule has 3 amide bonds. The average Bonchev–Trinajstić information content (AvgIpc) is 2.71. The number of hydrogen-bond donors (Lipinski definition) is 2. The Morgan fingerprint density at radius 2 is 1.68 bits per heavy atom. The van der Waals surface area contributed by atoms with Crippen LogP contribution in [0.3, 0.4) is 0 Å². The molecule has 0 bridgehead atoms. The number of nitrogens with zero attached hydrogens (tertiary/aromatic N) is 1. The Balaban J connectivity index is 1.53. The number of carbonyl (C=O) groups excluding carboxylic acids is 2. The highest BCUT2D eigenvalue weighted by atomic mass is 16.5. The predicted molar refractivity (Wildman–Crippen MR) is 108 cm³/mol. The maximum atomic E-state index is 12.4. The van der Waals surface area contributed by atoms with Gasteiger partial charge in [-0.2, -0.15) is 0 Å². The average molecular weight is 381 g/mol. The summed E-state index contributed by atoms with van der Waals surface area (Å²) in [6.07, 6.45) is -0.0999. The minimum atomic E-state index is -0.484. The summed E-state index contributed by atoms with van der Waals surface area (Å²) < 4.78 is 6.02. The van der Waals surface area contributed by atoms with Crippen molar-refractivity contribution in [2.75, 3.05) is 13.2 Å². The Morgan fingerprint density at radius 1 is 1.04 bits per heavy atom. The molecule has 1 saturated heterocycles. The van der Waals surface area contributed by atoms with Crippen molar-refractivity contribution in [1.29, 1.82) is 0 Å². The van der Waals surface area contributed by atoms with Crippen molar-refractivity contribution in [2.45, 2.75) is 38.6 Å². The van der Waals surface area contributed by atoms with Gasteiger partial charge in [-0.3, -0.25) is 15.0 Å². The zero-order chi connectivity index (χ0) is 19.9. The minimum Gasteiger partial charge on any atom is -0.370 e. The second kappa shape index (κ2) is 9.48. The van der Waals surface area contributed by atoms with Crippen LogP contribution in [0.15, 0.2) is 60.7 Å². The Hall–Kier alpha value is -2.70. The van der Waals surface area contributed by atoms with Gasteiger partial charge >= 0.3 is 6.03 Å². The van der Waals surface area contributed by atoms with Crippen LogP contribution in [0.25, 0.3) is 0 Å². The summed E-state index contributed by atoms with van der Waals surface area (Å²) in [5, 5.41) is 5.13. The lowest BCUT2D eigenvalue weighted by atomic mass is 9.98. The molecule has 6 nitrogen and oxygen atoms in total. The number of amides is 3. The molecule has 0 spiro atoms. The van der Waals surface area contributed by atoms with Gasteiger partial charge in [-0.05, 0) is 25.0 Å². The van der Waals surface area contributed by atoms with Crippen molar-refractivity contribution in [3.63, 3.8) is 0 Å². The van der Waals surface area contributed by atoms with E-state index in [1.54, 1.807) is 0 Å². The summed E-state index contributed by atoms with van der Waals surface area (Å²) in [4.78, 5) is 26.5. The zero-order valence-corrected chi connectivity index (χ0v) is 16.3. The zero-order valence-electron chi connectivity index (χ0n) is 16.3. The van der Waals surface area contributed by atoms with Gasteiger partial charge < -0.3 is 10.1 Å². The summed E-state index contributed by atoms with van der Waals surface area (Å²) in [5.74, 6) is -0.321. The summed E-state index contributed by atoms with van der Waals surface area (Å²) in [5.41, 5.74) is 2.07. The number of rotatable bonds is 5. The Kier molecular flexibility index (Phi) is 6.79. The molecular formula is C22H27N3O3. The van der Waals surface area contributed by atoms with Crippen molar-refractivity contribution in [3.8, 4) is 0 Å². The number of imide groups is 1. The number of carbonyl (C=O) groups is 2. The predicted octanol–water partition coefficient (Wildman–Crippen LogP) is 2.86. The van der Waals surface area contributed by atoms with Crippen molar-refractivity contribution < 1.29 is 14.3 Å². The van der Waals surface area contributed by atoms with Crippen LogP contribution in [0.5, 0.6) is 0 Å². The van der Waals surface area contributed by atoms with Gasteiger partial charge in [0.1, 0.15) is 0 Å². The number of benzene rings is 2. The molecule has 2 aromatic carbocycles. The van der Waals surface area contributed by atoms with Crippen LogP contribution < -0.4 is 10.6 Å². The first-order valence-electron chi connectivity index (χ1n) is 9.58. The monoisotopic (exact) mass is 381 g/mol. The standard InChI is InChI=1S/C22H27N3O3/c1-16-15-28-21(19-11-7-4-8-12-19)17(2)25(16)14-20(26)24-22(27)23-13-18-9-5-3-6-10-18/h3-12,16-17,21H,13-15H2,1-2H3,(H2,23,24,26,27). The third-order valence-corrected chi connectivity index (χ3v) is 5.05. The fourth-order valence-corrected chi connectivity index (χ4v) is 3.52. The molecule has 148 valence electrons. The summed E-state index contributed by atoms with van der Waals surface area (Å²) in [6.45, 7) is 5.14. The first-order chi connectivity index (χ1) is 13.5. The topological polar surface area (TPSA) is 70.7 Å². The van der Waals surface area contributed by atoms with Crippen molar-refractivity contribution in [3.05, 3.63) is 71.8 Å². The number of urea groups is 1. The van der Waals surface area contributed by atoms with Gasteiger partial charge in [-0.15, -0.1) is 0 Å². The molecule has 1 fully saturated rings. The Morgan fingerprint density at radius 3 is 2.36 bits per heavy atom. The van der Waals surface area contributed by atoms with E-state index in [-0.39, 0.29) is 30.6 Å². The maximum absolute atomic E-state index is 12.4. The smallest absolute Gasteiger partial charge is 0.321 e. The van der Waals surface area contributed by atoms with Gasteiger partial charge in [0.2, 0.25) is 5.91 Å². The van der Waals surface area contributed by atoms with Crippen molar-refractivity contribution >= 4 is 11.9 Å². The molecule has 2 N–H and O–H groups in total. The lowest BCUT2D eigenvalue weighted by Crippen LogP contribution is -2.55. The van der Waals surface area contributed by atoms with Crippen LogP contribution in [0.1, 0.15) is 31.1 Å². The summed E-state index contributed by atoms with van der Waals surface area (Å²) in [7, 11) is 0. The van der Waals surface area contributed by atoms with Gasteiger partial charge in [-0.25, -0.2) is 4.79 Å². The van der Waals surface area contributed by atoms with Crippen LogP contribution in [0.4, 0.5) is 4.79 Å². The molecule has 1 aliphatic heterocycles. The fraction of sp³-hybridized carbons (Fsp3) is 0.364. The SMILES string of the molecule is CC1COC(c2ccccc2)C(C)N1CC(=O)NC(=O)NCc1ccccc1. The third-order valence-electron chi connectivity index (χ3n) is 5.05. The summed E-state index contributed by atoms with van der Waals surface area (Å²) in [6, 6.07) is 19.2. The van der Waals surface area contributed by atoms with Crippen LogP contribution >= 0.6 is 0 Å². The van der Waals surface area contributed by atoms with E-state index < -0.39 is 6.03 Å². The van der Waals surface area contributed by atoms with Gasteiger partial charge in [0.05, 0.1) is 19.3 Å². The molecule has 2 aromatic rings. The van der Waals surface area contributed by atoms with Gasteiger partial charge in [0.15, 0.2) is 0 Å². The highest BCUT2D eigenvalue weighted by Crippen LogP contribution is 2.30. The van der Waals surface area contributed by atoms with Crippen molar-refractivity contribution in [2.24, 2.45) is 0 Å². The van der Waals surface area contributed by atoms with Crippen LogP contribution in [0, 0.1) is 0 Å². The van der Waals surface area contributed by atoms with E-state index in [1.807, 2.05) is 67.6 Å². The summed E-state index contributed by atoms with van der Waals surface area (Å²) >= 11 is 0. The molecule has 1 heterocycles. The largest absolute Gasteiger partial charge is 0.370 e. The first-order valence-corrected chi connectivity index (χ1v) is 9.58. The van der Waals surface area contributed by atoms with E-state index >= 15 is 0 Å².